The summed E-state index contributed by atoms with van der Waals surface area (Å²) in [6, 6.07) is 0. The molecule has 0 saturated heterocycles. The van der Waals surface area contributed by atoms with Crippen LogP contribution in [0.5, 0.6) is 0 Å². The van der Waals surface area contributed by atoms with Crippen LogP contribution in [0.25, 0.3) is 0 Å². The van der Waals surface area contributed by atoms with Crippen LogP contribution in [0.2, 0.25) is 0 Å². The van der Waals surface area contributed by atoms with E-state index in [9.17, 15) is 13.2 Å². The van der Waals surface area contributed by atoms with Crippen LogP contribution in [0, 0.1) is 0 Å². The van der Waals surface area contributed by atoms with Gasteiger partial charge in [-0.2, -0.15) is 0 Å². The minimum atomic E-state index is -3.16. The third kappa shape index (κ3) is 13.3. The summed E-state index contributed by atoms with van der Waals surface area (Å²) in [6.07, 6.45) is 0.429. The lowest BCUT2D eigenvalue weighted by atomic mass is 10.0. The van der Waals surface area contributed by atoms with Gasteiger partial charge in [0, 0.05) is 12.5 Å². The van der Waals surface area contributed by atoms with Crippen LogP contribution in [0.15, 0.2) is 0 Å². The van der Waals surface area contributed by atoms with Crippen molar-refractivity contribution >= 4 is 27.6 Å². The molecule has 0 amide bonds. The third-order valence-electron chi connectivity index (χ3n) is 2.74. The van der Waals surface area contributed by atoms with Gasteiger partial charge in [-0.1, -0.05) is 0 Å². The normalized spacial score (nSPS) is 12.4. The number of sulfone groups is 1. The monoisotopic (exact) mass is 359 g/mol. The maximum atomic E-state index is 11.8. The SMILES string of the molecule is CC(=O)OCCOCCOCCS(=O)(=O)CCC(C)(C)NCl. The second-order valence-corrected chi connectivity index (χ2v) is 7.94. The first-order chi connectivity index (χ1) is 10.2. The van der Waals surface area contributed by atoms with Crippen molar-refractivity contribution in [2.75, 3.05) is 44.5 Å². The van der Waals surface area contributed by atoms with Crippen molar-refractivity contribution in [3.8, 4) is 0 Å². The number of carbonyl (C=O) groups excluding carboxylic acids is 1. The predicted octanol–water partition coefficient (Wildman–Crippen LogP) is 0.910. The molecule has 22 heavy (non-hydrogen) atoms. The molecule has 0 rings (SSSR count). The summed E-state index contributed by atoms with van der Waals surface area (Å²) in [4.78, 5) is 13.0. The Labute approximate surface area is 137 Å². The van der Waals surface area contributed by atoms with E-state index in [1.54, 1.807) is 0 Å². The second kappa shape index (κ2) is 11.2. The van der Waals surface area contributed by atoms with E-state index in [0.717, 1.165) is 0 Å². The quantitative estimate of drug-likeness (QED) is 0.297. The van der Waals surface area contributed by atoms with Gasteiger partial charge in [0.15, 0.2) is 9.84 Å². The van der Waals surface area contributed by atoms with E-state index in [0.29, 0.717) is 26.2 Å². The van der Waals surface area contributed by atoms with E-state index < -0.39 is 15.4 Å². The number of ether oxygens (including phenoxy) is 3. The molecule has 0 aliphatic rings. The molecule has 0 aromatic rings. The molecule has 0 aromatic carbocycles. The Kier molecular flexibility index (Phi) is 11.0. The summed E-state index contributed by atoms with van der Waals surface area (Å²) in [5.74, 6) is -0.321. The summed E-state index contributed by atoms with van der Waals surface area (Å²) >= 11 is 5.53. The number of halogens is 1. The van der Waals surface area contributed by atoms with Gasteiger partial charge in [0.25, 0.3) is 0 Å². The number of hydrogen-bond acceptors (Lipinski definition) is 7. The molecule has 1 N–H and O–H groups in total. The zero-order valence-corrected chi connectivity index (χ0v) is 15.0. The van der Waals surface area contributed by atoms with Gasteiger partial charge < -0.3 is 14.2 Å². The van der Waals surface area contributed by atoms with Crippen LogP contribution in [0.1, 0.15) is 27.2 Å². The van der Waals surface area contributed by atoms with Gasteiger partial charge in [0.05, 0.1) is 37.9 Å². The molecule has 9 heteroatoms. The Hall–Kier alpha value is -0.410. The standard InChI is InChI=1S/C13H26ClNO6S/c1-12(16)21-8-7-19-5-6-20-9-11-22(17,18)10-4-13(2,3)15-14/h15H,4-11H2,1-3H3. The molecule has 0 saturated carbocycles. The first-order valence-corrected chi connectivity index (χ1v) is 9.25. The summed E-state index contributed by atoms with van der Waals surface area (Å²) in [7, 11) is -3.16. The van der Waals surface area contributed by atoms with Crippen LogP contribution < -0.4 is 4.84 Å². The van der Waals surface area contributed by atoms with E-state index in [4.69, 9.17) is 21.3 Å². The fourth-order valence-corrected chi connectivity index (χ4v) is 2.80. The molecule has 0 spiro atoms. The highest BCUT2D eigenvalue weighted by atomic mass is 35.5. The Bertz CT molecular complexity index is 413. The lowest BCUT2D eigenvalue weighted by Crippen LogP contribution is -2.35. The van der Waals surface area contributed by atoms with E-state index in [1.165, 1.54) is 6.92 Å². The minimum absolute atomic E-state index is 0.0290. The van der Waals surface area contributed by atoms with E-state index >= 15 is 0 Å². The third-order valence-corrected chi connectivity index (χ3v) is 4.86. The summed E-state index contributed by atoms with van der Waals surface area (Å²) in [6.45, 7) is 6.24. The van der Waals surface area contributed by atoms with Crippen LogP contribution in [-0.2, 0) is 28.8 Å². The molecule has 0 radical (unpaired) electrons. The maximum absolute atomic E-state index is 11.8. The molecular weight excluding hydrogens is 334 g/mol. The van der Waals surface area contributed by atoms with Crippen molar-refractivity contribution in [1.82, 2.24) is 4.84 Å². The second-order valence-electron chi connectivity index (χ2n) is 5.44. The van der Waals surface area contributed by atoms with E-state index in [1.807, 2.05) is 13.8 Å². The average molecular weight is 360 g/mol. The number of nitrogens with one attached hydrogen (secondary N) is 1. The molecule has 0 atom stereocenters. The smallest absolute Gasteiger partial charge is 0.302 e. The molecule has 0 aliphatic heterocycles. The Morgan fingerprint density at radius 2 is 1.59 bits per heavy atom. The number of esters is 1. The number of carbonyl (C=O) groups is 1. The van der Waals surface area contributed by atoms with Gasteiger partial charge in [-0.25, -0.2) is 13.3 Å². The Morgan fingerprint density at radius 1 is 1.05 bits per heavy atom. The summed E-state index contributed by atoms with van der Waals surface area (Å²) in [5, 5.41) is 0. The minimum Gasteiger partial charge on any atom is -0.463 e. The van der Waals surface area contributed by atoms with Crippen molar-refractivity contribution in [1.29, 1.82) is 0 Å². The molecule has 7 nitrogen and oxygen atoms in total. The van der Waals surface area contributed by atoms with E-state index in [-0.39, 0.29) is 30.7 Å². The maximum Gasteiger partial charge on any atom is 0.302 e. The summed E-state index contributed by atoms with van der Waals surface area (Å²) < 4.78 is 38.6. The van der Waals surface area contributed by atoms with Gasteiger partial charge >= 0.3 is 5.97 Å². The average Bonchev–Trinajstić information content (AvgIpc) is 2.43. The zero-order chi connectivity index (χ0) is 17.1. The number of hydrogen-bond donors (Lipinski definition) is 1. The van der Waals surface area contributed by atoms with Gasteiger partial charge in [-0.05, 0) is 32.0 Å². The molecule has 132 valence electrons. The predicted molar refractivity (Wildman–Crippen MR) is 84.6 cm³/mol. The zero-order valence-electron chi connectivity index (χ0n) is 13.4. The fourth-order valence-electron chi connectivity index (χ4n) is 1.31. The number of rotatable bonds is 13. The van der Waals surface area contributed by atoms with Crippen molar-refractivity contribution in [2.45, 2.75) is 32.7 Å². The molecule has 0 aliphatic carbocycles. The highest BCUT2D eigenvalue weighted by molar-refractivity contribution is 7.91. The molecule has 0 bridgehead atoms. The molecule has 0 heterocycles. The first kappa shape index (κ1) is 21.6. The molecule has 0 fully saturated rings. The first-order valence-electron chi connectivity index (χ1n) is 7.05. The largest absolute Gasteiger partial charge is 0.463 e. The van der Waals surface area contributed by atoms with Gasteiger partial charge in [-0.3, -0.25) is 4.79 Å². The van der Waals surface area contributed by atoms with Gasteiger partial charge in [0.2, 0.25) is 0 Å². The van der Waals surface area contributed by atoms with Gasteiger partial charge in [0.1, 0.15) is 6.61 Å². The topological polar surface area (TPSA) is 90.9 Å². The van der Waals surface area contributed by atoms with Crippen LogP contribution in [-0.4, -0.2) is 64.5 Å². The Balaban J connectivity index is 3.59. The lowest BCUT2D eigenvalue weighted by molar-refractivity contribution is -0.142. The van der Waals surface area contributed by atoms with Crippen molar-refractivity contribution < 1.29 is 27.4 Å². The van der Waals surface area contributed by atoms with Crippen LogP contribution in [0.3, 0.4) is 0 Å². The Morgan fingerprint density at radius 3 is 2.14 bits per heavy atom. The van der Waals surface area contributed by atoms with Crippen molar-refractivity contribution in [3.05, 3.63) is 0 Å². The van der Waals surface area contributed by atoms with Crippen LogP contribution in [0.4, 0.5) is 0 Å². The fraction of sp³-hybridized carbons (Fsp3) is 0.923. The van der Waals surface area contributed by atoms with Gasteiger partial charge in [-0.15, -0.1) is 0 Å². The van der Waals surface area contributed by atoms with E-state index in [2.05, 4.69) is 9.57 Å². The lowest BCUT2D eigenvalue weighted by Gasteiger charge is -2.21. The van der Waals surface area contributed by atoms with Crippen molar-refractivity contribution in [2.24, 2.45) is 0 Å². The highest BCUT2D eigenvalue weighted by Crippen LogP contribution is 2.11. The van der Waals surface area contributed by atoms with Crippen LogP contribution >= 0.6 is 11.8 Å². The molecule has 0 aromatic heterocycles. The molecule has 0 unspecified atom stereocenters. The van der Waals surface area contributed by atoms with Crippen molar-refractivity contribution in [3.63, 3.8) is 0 Å². The highest BCUT2D eigenvalue weighted by Gasteiger charge is 2.20. The summed E-state index contributed by atoms with van der Waals surface area (Å²) in [5.41, 5.74) is -0.425. The molecular formula is C13H26ClNO6S.